The molecule has 6 nitrogen and oxygen atoms in total. The first-order valence-electron chi connectivity index (χ1n) is 8.94. The van der Waals surface area contributed by atoms with E-state index in [1.807, 2.05) is 26.0 Å². The van der Waals surface area contributed by atoms with Gasteiger partial charge in [-0.1, -0.05) is 49.2 Å². The topological polar surface area (TPSA) is 95.9 Å². The molecule has 1 amide bonds. The minimum Gasteiger partial charge on any atom is -0.508 e. The summed E-state index contributed by atoms with van der Waals surface area (Å²) in [5.41, 5.74) is 2.53. The van der Waals surface area contributed by atoms with Crippen molar-refractivity contribution < 1.29 is 23.4 Å². The fourth-order valence-electron chi connectivity index (χ4n) is 2.69. The number of hydrogen-bond acceptors (Lipinski definition) is 4. The summed E-state index contributed by atoms with van der Waals surface area (Å²) in [6, 6.07) is 8.59. The van der Waals surface area contributed by atoms with E-state index in [0.717, 1.165) is 16.7 Å². The Kier molecular flexibility index (Phi) is 8.77. The van der Waals surface area contributed by atoms with Gasteiger partial charge in [0.25, 0.3) is 5.91 Å². The summed E-state index contributed by atoms with van der Waals surface area (Å²) in [7, 11) is 0. The number of rotatable bonds is 9. The van der Waals surface area contributed by atoms with Crippen LogP contribution in [0.1, 0.15) is 36.5 Å². The molecule has 0 saturated carbocycles. The van der Waals surface area contributed by atoms with Crippen LogP contribution < -0.4 is 10.1 Å². The van der Waals surface area contributed by atoms with Crippen LogP contribution in [0.5, 0.6) is 11.5 Å². The molecule has 158 valence electrons. The maximum absolute atomic E-state index is 11.7. The number of phenolic OH excluding ortho intramolecular Hbond substituents is 1. The summed E-state index contributed by atoms with van der Waals surface area (Å²) >= 11 is 10.8. The van der Waals surface area contributed by atoms with E-state index in [0.29, 0.717) is 22.2 Å². The predicted molar refractivity (Wildman–Crippen MR) is 116 cm³/mol. The van der Waals surface area contributed by atoms with Crippen LogP contribution in [-0.2, 0) is 22.3 Å². The lowest BCUT2D eigenvalue weighted by Gasteiger charge is -2.14. The van der Waals surface area contributed by atoms with E-state index < -0.39 is 17.0 Å². The van der Waals surface area contributed by atoms with Crippen LogP contribution in [-0.4, -0.2) is 38.7 Å². The van der Waals surface area contributed by atoms with Crippen molar-refractivity contribution in [2.45, 2.75) is 26.2 Å². The van der Waals surface area contributed by atoms with Gasteiger partial charge in [-0.15, -0.1) is 0 Å². The van der Waals surface area contributed by atoms with E-state index in [1.54, 1.807) is 18.2 Å². The van der Waals surface area contributed by atoms with E-state index in [9.17, 15) is 14.1 Å². The molecule has 1 atom stereocenters. The molecular formula is C20H23Cl2NO5S. The van der Waals surface area contributed by atoms with Crippen LogP contribution in [0.3, 0.4) is 0 Å². The normalized spacial score (nSPS) is 12.1. The smallest absolute Gasteiger partial charge is 0.257 e. The summed E-state index contributed by atoms with van der Waals surface area (Å²) < 4.78 is 24.6. The van der Waals surface area contributed by atoms with Crippen molar-refractivity contribution >= 4 is 40.2 Å². The second-order valence-electron chi connectivity index (χ2n) is 6.75. The zero-order valence-electron chi connectivity index (χ0n) is 16.1. The highest BCUT2D eigenvalue weighted by atomic mass is 35.5. The second-order valence-corrected chi connectivity index (χ2v) is 8.62. The lowest BCUT2D eigenvalue weighted by atomic mass is 9.96. The Morgan fingerprint density at radius 1 is 1.21 bits per heavy atom. The van der Waals surface area contributed by atoms with Crippen LogP contribution in [0.4, 0.5) is 0 Å². The molecular weight excluding hydrogens is 437 g/mol. The number of amides is 1. The Morgan fingerprint density at radius 2 is 1.86 bits per heavy atom. The Balaban J connectivity index is 2.05. The van der Waals surface area contributed by atoms with Crippen molar-refractivity contribution in [3.8, 4) is 11.5 Å². The SMILES string of the molecule is CC(C)c1cc(Cc2c(Cl)cc(OCC(=O)NCCS(=O)O)cc2Cl)ccc1O. The van der Waals surface area contributed by atoms with Gasteiger partial charge in [-0.3, -0.25) is 4.79 Å². The minimum absolute atomic E-state index is 0.0477. The maximum Gasteiger partial charge on any atom is 0.257 e. The number of aromatic hydroxyl groups is 1. The van der Waals surface area contributed by atoms with Gasteiger partial charge in [0.05, 0.1) is 5.75 Å². The van der Waals surface area contributed by atoms with Crippen LogP contribution >= 0.6 is 23.2 Å². The van der Waals surface area contributed by atoms with Gasteiger partial charge >= 0.3 is 0 Å². The summed E-state index contributed by atoms with van der Waals surface area (Å²) in [6.45, 7) is 3.82. The molecule has 0 heterocycles. The number of ether oxygens (including phenoxy) is 1. The fourth-order valence-corrected chi connectivity index (χ4v) is 3.57. The number of carbonyl (C=O) groups is 1. The van der Waals surface area contributed by atoms with E-state index in [-0.39, 0.29) is 30.6 Å². The van der Waals surface area contributed by atoms with Crippen molar-refractivity contribution in [2.75, 3.05) is 18.9 Å². The Hall–Kier alpha value is -1.80. The molecule has 0 fully saturated rings. The van der Waals surface area contributed by atoms with Crippen molar-refractivity contribution in [3.63, 3.8) is 0 Å². The van der Waals surface area contributed by atoms with Crippen LogP contribution in [0.15, 0.2) is 30.3 Å². The molecule has 0 spiro atoms. The van der Waals surface area contributed by atoms with Crippen molar-refractivity contribution in [3.05, 3.63) is 57.1 Å². The maximum atomic E-state index is 11.7. The standard InChI is InChI=1S/C20H23Cl2NO5S/c1-12(2)15-7-13(3-4-19(15)24)8-16-17(21)9-14(10-18(16)22)28-11-20(25)23-5-6-29(26)27/h3-4,7,9-10,12,24H,5-6,8,11H2,1-2H3,(H,23,25)(H,26,27). The first-order chi connectivity index (χ1) is 13.7. The lowest BCUT2D eigenvalue weighted by molar-refractivity contribution is -0.122. The molecule has 0 saturated heterocycles. The summed E-state index contributed by atoms with van der Waals surface area (Å²) in [4.78, 5) is 11.7. The van der Waals surface area contributed by atoms with Crippen molar-refractivity contribution in [1.29, 1.82) is 0 Å². The van der Waals surface area contributed by atoms with Gasteiger partial charge in [-0.25, -0.2) is 4.21 Å². The molecule has 0 aromatic heterocycles. The number of hydrogen-bond donors (Lipinski definition) is 3. The third-order valence-electron chi connectivity index (χ3n) is 4.18. The van der Waals surface area contributed by atoms with Crippen LogP contribution in [0, 0.1) is 0 Å². The molecule has 2 aromatic carbocycles. The predicted octanol–water partition coefficient (Wildman–Crippen LogP) is 4.13. The molecule has 9 heteroatoms. The van der Waals surface area contributed by atoms with Gasteiger partial charge in [-0.2, -0.15) is 0 Å². The summed E-state index contributed by atoms with van der Waals surface area (Å²) in [6.07, 6.45) is 0.483. The average Bonchev–Trinajstić information content (AvgIpc) is 2.63. The van der Waals surface area contributed by atoms with E-state index >= 15 is 0 Å². The Bertz CT molecular complexity index is 881. The zero-order chi connectivity index (χ0) is 21.6. The molecule has 0 aliphatic rings. The number of carbonyl (C=O) groups excluding carboxylic acids is 1. The zero-order valence-corrected chi connectivity index (χ0v) is 18.4. The first kappa shape index (κ1) is 23.5. The molecule has 0 aliphatic heterocycles. The monoisotopic (exact) mass is 459 g/mol. The molecule has 0 radical (unpaired) electrons. The molecule has 0 bridgehead atoms. The summed E-state index contributed by atoms with van der Waals surface area (Å²) in [5.74, 6) is 0.317. The van der Waals surface area contributed by atoms with Gasteiger partial charge < -0.3 is 19.7 Å². The van der Waals surface area contributed by atoms with Gasteiger partial charge in [0.2, 0.25) is 0 Å². The molecule has 0 aliphatic carbocycles. The van der Waals surface area contributed by atoms with Crippen LogP contribution in [0.2, 0.25) is 10.0 Å². The minimum atomic E-state index is -1.96. The number of halogens is 2. The van der Waals surface area contributed by atoms with Crippen LogP contribution in [0.25, 0.3) is 0 Å². The highest BCUT2D eigenvalue weighted by Crippen LogP contribution is 2.33. The molecule has 1 unspecified atom stereocenters. The van der Waals surface area contributed by atoms with Gasteiger partial charge in [0.1, 0.15) is 11.5 Å². The molecule has 29 heavy (non-hydrogen) atoms. The van der Waals surface area contributed by atoms with E-state index in [1.165, 1.54) is 0 Å². The highest BCUT2D eigenvalue weighted by molar-refractivity contribution is 7.79. The lowest BCUT2D eigenvalue weighted by Crippen LogP contribution is -2.31. The third-order valence-corrected chi connectivity index (χ3v) is 5.41. The fraction of sp³-hybridized carbons (Fsp3) is 0.350. The van der Waals surface area contributed by atoms with E-state index in [4.69, 9.17) is 32.5 Å². The quantitative estimate of drug-likeness (QED) is 0.489. The van der Waals surface area contributed by atoms with Gasteiger partial charge in [0.15, 0.2) is 17.7 Å². The number of benzene rings is 2. The van der Waals surface area contributed by atoms with Crippen molar-refractivity contribution in [2.24, 2.45) is 0 Å². The summed E-state index contributed by atoms with van der Waals surface area (Å²) in [5, 5.41) is 13.3. The average molecular weight is 460 g/mol. The molecule has 2 aromatic rings. The Labute approximate surface area is 182 Å². The van der Waals surface area contributed by atoms with Gasteiger partial charge in [-0.05, 0) is 40.8 Å². The van der Waals surface area contributed by atoms with Gasteiger partial charge in [0, 0.05) is 23.0 Å². The molecule has 3 N–H and O–H groups in total. The first-order valence-corrected chi connectivity index (χ1v) is 11.0. The second kappa shape index (κ2) is 10.8. The number of phenols is 1. The molecule has 2 rings (SSSR count). The van der Waals surface area contributed by atoms with Crippen molar-refractivity contribution in [1.82, 2.24) is 5.32 Å². The third kappa shape index (κ3) is 7.19. The largest absolute Gasteiger partial charge is 0.508 e. The Morgan fingerprint density at radius 3 is 2.45 bits per heavy atom. The number of nitrogens with one attached hydrogen (secondary N) is 1. The highest BCUT2D eigenvalue weighted by Gasteiger charge is 2.13. The van der Waals surface area contributed by atoms with E-state index in [2.05, 4.69) is 5.32 Å².